The van der Waals surface area contributed by atoms with Gasteiger partial charge in [-0.2, -0.15) is 0 Å². The minimum absolute atomic E-state index is 0.141. The first-order valence-electron chi connectivity index (χ1n) is 2.57. The lowest BCUT2D eigenvalue weighted by Gasteiger charge is -1.78. The van der Waals surface area contributed by atoms with E-state index in [4.69, 9.17) is 0 Å². The molecule has 0 rings (SSSR count). The van der Waals surface area contributed by atoms with Crippen LogP contribution in [0.1, 0.15) is 20.8 Å². The molecule has 0 aromatic carbocycles. The quantitative estimate of drug-likeness (QED) is 0.376. The zero-order valence-electron chi connectivity index (χ0n) is 5.72. The summed E-state index contributed by atoms with van der Waals surface area (Å²) in [7, 11) is 0. The maximum Gasteiger partial charge on any atom is 0.577 e. The monoisotopic (exact) mass is 129 g/mol. The fourth-order valence-electron chi connectivity index (χ4n) is 0.287. The molecule has 0 spiro atoms. The van der Waals surface area contributed by atoms with Gasteiger partial charge in [0, 0.05) is 18.6 Å². The molecule has 0 amide bonds. The highest BCUT2D eigenvalue weighted by atomic mass is 16.5. The second kappa shape index (κ2) is 3.12. The van der Waals surface area contributed by atoms with E-state index in [1.165, 1.54) is 20.8 Å². The van der Waals surface area contributed by atoms with E-state index in [9.17, 15) is 9.59 Å². The molecule has 50 valence electrons. The molecule has 0 saturated carbocycles. The van der Waals surface area contributed by atoms with Crippen LogP contribution in [0.15, 0.2) is 0 Å². The number of carbonyl (C=O) groups excluding carboxylic acids is 3. The van der Waals surface area contributed by atoms with E-state index in [2.05, 4.69) is 4.42 Å². The van der Waals surface area contributed by atoms with Crippen LogP contribution in [-0.4, -0.2) is 17.5 Å². The predicted octanol–water partition coefficient (Wildman–Crippen LogP) is 0.247. The molecule has 9 heavy (non-hydrogen) atoms. The molecule has 0 aliphatic heterocycles. The van der Waals surface area contributed by atoms with Crippen molar-refractivity contribution in [3.05, 3.63) is 0 Å². The first kappa shape index (κ1) is 8.01. The molecule has 0 bridgehead atoms. The van der Waals surface area contributed by atoms with Gasteiger partial charge in [-0.25, -0.2) is 0 Å². The van der Waals surface area contributed by atoms with Crippen LogP contribution in [-0.2, 0) is 14.0 Å². The highest BCUT2D eigenvalue weighted by molar-refractivity contribution is 6.35. The first-order chi connectivity index (χ1) is 4.04. The Morgan fingerprint density at radius 3 is 1.67 bits per heavy atom. The lowest BCUT2D eigenvalue weighted by molar-refractivity contribution is -0.374. The number of ketones is 2. The molecule has 0 radical (unpaired) electrons. The van der Waals surface area contributed by atoms with Crippen molar-refractivity contribution in [2.24, 2.45) is 0 Å². The van der Waals surface area contributed by atoms with Crippen LogP contribution in [0.25, 0.3) is 0 Å². The van der Waals surface area contributed by atoms with Crippen molar-refractivity contribution in [2.45, 2.75) is 20.8 Å². The number of carbonyl (C=O) groups is 2. The maximum absolute atomic E-state index is 10.4. The molecule has 0 unspecified atom stereocenters. The highest BCUT2D eigenvalue weighted by Crippen LogP contribution is 1.74. The Hall–Kier alpha value is -0.990. The van der Waals surface area contributed by atoms with E-state index < -0.39 is 5.97 Å². The van der Waals surface area contributed by atoms with E-state index in [-0.39, 0.29) is 11.6 Å². The summed E-state index contributed by atoms with van der Waals surface area (Å²) >= 11 is 0. The summed E-state index contributed by atoms with van der Waals surface area (Å²) in [6, 6.07) is 0. The predicted molar refractivity (Wildman–Crippen MR) is 32.0 cm³/mol. The second-order valence-electron chi connectivity index (χ2n) is 1.71. The number of hydrogen-bond acceptors (Lipinski definition) is 2. The molecular formula is C6H9O3+. The minimum atomic E-state index is -0.456. The summed E-state index contributed by atoms with van der Waals surface area (Å²) in [6.45, 7) is 4.06. The zero-order valence-corrected chi connectivity index (χ0v) is 5.72. The van der Waals surface area contributed by atoms with Gasteiger partial charge in [0.05, 0.1) is 0 Å². The molecule has 0 fully saturated rings. The van der Waals surface area contributed by atoms with E-state index in [1.807, 2.05) is 0 Å². The van der Waals surface area contributed by atoms with Gasteiger partial charge < -0.3 is 0 Å². The number of Topliss-reactive ketones (excluding diaryl/α,β-unsaturated/α-hetero) is 1. The van der Waals surface area contributed by atoms with Gasteiger partial charge in [0.15, 0.2) is 0 Å². The van der Waals surface area contributed by atoms with Crippen LogP contribution in [0.2, 0.25) is 0 Å². The van der Waals surface area contributed by atoms with Crippen molar-refractivity contribution < 1.29 is 14.0 Å². The maximum atomic E-state index is 10.4. The molecule has 0 N–H and O–H groups in total. The zero-order chi connectivity index (χ0) is 7.44. The summed E-state index contributed by atoms with van der Waals surface area (Å²) in [5.41, 5.74) is 0. The smallest absolute Gasteiger partial charge is 0.288 e. The third kappa shape index (κ3) is 3.58. The largest absolute Gasteiger partial charge is 0.577 e. The topological polar surface area (TPSA) is 45.4 Å². The average Bonchev–Trinajstić information content (AvgIpc) is 1.63. The summed E-state index contributed by atoms with van der Waals surface area (Å²) in [4.78, 5) is 20.5. The van der Waals surface area contributed by atoms with Gasteiger partial charge in [0.2, 0.25) is 5.78 Å². The lowest BCUT2D eigenvalue weighted by atomic mass is 10.3. The fourth-order valence-corrected chi connectivity index (χ4v) is 0.287. The van der Waals surface area contributed by atoms with Crippen LogP contribution < -0.4 is 0 Å². The van der Waals surface area contributed by atoms with Gasteiger partial charge in [-0.3, -0.25) is 9.22 Å². The Kier molecular flexibility index (Phi) is 2.78. The summed E-state index contributed by atoms with van der Waals surface area (Å²) in [6.07, 6.45) is 0. The van der Waals surface area contributed by atoms with E-state index in [0.29, 0.717) is 0 Å². The molecule has 0 aliphatic carbocycles. The van der Waals surface area contributed by atoms with Crippen molar-refractivity contribution in [1.82, 2.24) is 0 Å². The Morgan fingerprint density at radius 1 is 1.11 bits per heavy atom. The second-order valence-corrected chi connectivity index (χ2v) is 1.71. The van der Waals surface area contributed by atoms with E-state index >= 15 is 0 Å². The van der Waals surface area contributed by atoms with Crippen LogP contribution >= 0.6 is 0 Å². The van der Waals surface area contributed by atoms with E-state index in [0.717, 1.165) is 0 Å². The normalized spacial score (nSPS) is 11.2. The summed E-state index contributed by atoms with van der Waals surface area (Å²) in [5.74, 6) is -0.532. The third-order valence-corrected chi connectivity index (χ3v) is 0.793. The van der Waals surface area contributed by atoms with Gasteiger partial charge in [-0.05, 0) is 0 Å². The summed E-state index contributed by atoms with van der Waals surface area (Å²) < 4.78 is 4.44. The molecule has 0 aromatic heterocycles. The van der Waals surface area contributed by atoms with Crippen LogP contribution in [0.3, 0.4) is 0 Å². The molecule has 0 aliphatic rings. The summed E-state index contributed by atoms with van der Waals surface area (Å²) in [5, 5.41) is 0. The molecular weight excluding hydrogens is 120 g/mol. The van der Waals surface area contributed by atoms with Gasteiger partial charge in [-0.15, -0.1) is 0 Å². The minimum Gasteiger partial charge on any atom is -0.288 e. The molecule has 0 heterocycles. The standard InChI is InChI=1S/C6H9O3/c1-4(7)5(2)9-6(3)8/h1-3H3/q+1. The molecule has 3 heteroatoms. The Labute approximate surface area is 53.4 Å². The van der Waals surface area contributed by atoms with Gasteiger partial charge in [0.1, 0.15) is 6.92 Å². The van der Waals surface area contributed by atoms with Crippen molar-refractivity contribution in [3.63, 3.8) is 0 Å². The number of rotatable bonds is 1. The van der Waals surface area contributed by atoms with Gasteiger partial charge in [-0.1, -0.05) is 0 Å². The number of hydrogen-bond donors (Lipinski definition) is 0. The van der Waals surface area contributed by atoms with Gasteiger partial charge >= 0.3 is 5.97 Å². The molecule has 0 atom stereocenters. The SMILES string of the molecule is CC(=O)[O+]=C(C)C(C)=O. The average molecular weight is 129 g/mol. The van der Waals surface area contributed by atoms with E-state index in [1.54, 1.807) is 0 Å². The fraction of sp³-hybridized carbons (Fsp3) is 0.500. The van der Waals surface area contributed by atoms with Crippen molar-refractivity contribution in [3.8, 4) is 0 Å². The van der Waals surface area contributed by atoms with Crippen molar-refractivity contribution in [2.75, 3.05) is 0 Å². The highest BCUT2D eigenvalue weighted by Gasteiger charge is 2.09. The molecule has 0 aromatic rings. The van der Waals surface area contributed by atoms with Crippen LogP contribution in [0.5, 0.6) is 0 Å². The van der Waals surface area contributed by atoms with Crippen LogP contribution in [0.4, 0.5) is 0 Å². The van der Waals surface area contributed by atoms with Crippen molar-refractivity contribution in [1.29, 1.82) is 0 Å². The van der Waals surface area contributed by atoms with Crippen LogP contribution in [0, 0.1) is 0 Å². The Balaban J connectivity index is 4.17. The third-order valence-electron chi connectivity index (χ3n) is 0.793. The lowest BCUT2D eigenvalue weighted by Crippen LogP contribution is -2.10. The Morgan fingerprint density at radius 2 is 1.56 bits per heavy atom. The molecule has 3 nitrogen and oxygen atoms in total. The first-order valence-corrected chi connectivity index (χ1v) is 2.57. The Bertz CT molecular complexity index is 167. The van der Waals surface area contributed by atoms with Gasteiger partial charge in [0.25, 0.3) is 5.78 Å². The van der Waals surface area contributed by atoms with Crippen molar-refractivity contribution >= 4 is 17.5 Å². The molecule has 0 saturated heterocycles.